The minimum absolute atomic E-state index is 0.154. The molecular formula is C57H63N9O6. The molecule has 5 amide bonds. The monoisotopic (exact) mass is 969 g/mol. The molecule has 6 N–H and O–H groups in total. The number of piperidine rings is 1. The summed E-state index contributed by atoms with van der Waals surface area (Å²) in [5.74, 6) is 7.09. The average Bonchev–Trinajstić information content (AvgIpc) is 4.25. The summed E-state index contributed by atoms with van der Waals surface area (Å²) >= 11 is 0. The second kappa shape index (κ2) is 20.4. The van der Waals surface area contributed by atoms with Gasteiger partial charge in [-0.25, -0.2) is 14.8 Å². The van der Waals surface area contributed by atoms with E-state index in [1.54, 1.807) is 22.9 Å². The number of amides is 5. The molecular weight excluding hydrogens is 907 g/mol. The predicted octanol–water partition coefficient (Wildman–Crippen LogP) is 7.78. The topological polar surface area (TPSA) is 200 Å². The number of rotatable bonds is 10. The standard InChI is InChI=1S/C57H63N9O6/c1-56(71)25-23-40(24-26-56)52(67)62-48(38-11-5-3-6-12-38)53(68)66-30-10-16-47(66)51-59-36-45(61-51)43-21-20-41-33-37(17-19-42(41)34-43)18-22-44-35-58-50(60-44)46-15-9-29-65(46)54(69)49(39-13-7-4-8-14-39)63-55(70)64-31-27-57(2,72)28-32-64/h3-8,11-14,17,19-21,33-36,40,46-49,71-72H,9-10,15-16,23-32H2,1-2H3,(H,58,60)(H,59,61)(H,62,67)(H,63,70)/t40?,46-,47-,48+,49+,56?/m0/s1. The highest BCUT2D eigenvalue weighted by molar-refractivity contribution is 5.91. The third-order valence-electron chi connectivity index (χ3n) is 15.3. The Kier molecular flexibility index (Phi) is 13.7. The zero-order valence-corrected chi connectivity index (χ0v) is 40.9. The minimum atomic E-state index is -0.882. The Morgan fingerprint density at radius 2 is 1.19 bits per heavy atom. The summed E-state index contributed by atoms with van der Waals surface area (Å²) in [6.07, 6.45) is 9.79. The van der Waals surface area contributed by atoms with E-state index in [4.69, 9.17) is 4.98 Å². The molecule has 4 aliphatic rings. The summed E-state index contributed by atoms with van der Waals surface area (Å²) in [4.78, 5) is 77.6. The van der Waals surface area contributed by atoms with Crippen molar-refractivity contribution < 1.29 is 29.4 Å². The Bertz CT molecular complexity index is 2990. The number of benzene rings is 4. The maximum atomic E-state index is 14.4. The number of aromatic nitrogens is 4. The Morgan fingerprint density at radius 3 is 1.83 bits per heavy atom. The van der Waals surface area contributed by atoms with Crippen molar-refractivity contribution in [1.29, 1.82) is 0 Å². The Hall–Kier alpha value is -7.28. The molecule has 1 aliphatic carbocycles. The van der Waals surface area contributed by atoms with Crippen LogP contribution in [0.25, 0.3) is 22.0 Å². The van der Waals surface area contributed by atoms with Gasteiger partial charge in [-0.15, -0.1) is 0 Å². The van der Waals surface area contributed by atoms with Crippen LogP contribution in [-0.4, -0.2) is 106 Å². The molecule has 4 atom stereocenters. The molecule has 4 fully saturated rings. The van der Waals surface area contributed by atoms with Crippen LogP contribution in [0.3, 0.4) is 0 Å². The SMILES string of the molecule is CC1(O)CCC(C(=O)N[C@@H](C(=O)N2CCC[C@H]2c2ncc(-c3ccc4cc(C#Cc5cnc([C@@H]6CCCN6C(=O)[C@H](NC(=O)N6CCC(C)(O)CC6)c6ccccc6)[nH]5)ccc4c3)[nH]2)c2ccccc2)CC1. The van der Waals surface area contributed by atoms with Crippen molar-refractivity contribution in [3.63, 3.8) is 0 Å². The number of imidazole rings is 2. The maximum Gasteiger partial charge on any atom is 0.318 e. The van der Waals surface area contributed by atoms with E-state index in [1.807, 2.05) is 103 Å². The van der Waals surface area contributed by atoms with Crippen LogP contribution in [0, 0.1) is 17.8 Å². The first-order chi connectivity index (χ1) is 34.8. The Balaban J connectivity index is 0.795. The first-order valence-corrected chi connectivity index (χ1v) is 25.4. The molecule has 15 heteroatoms. The van der Waals surface area contributed by atoms with Crippen molar-refractivity contribution in [3.8, 4) is 23.1 Å². The van der Waals surface area contributed by atoms with Gasteiger partial charge in [-0.3, -0.25) is 14.4 Å². The van der Waals surface area contributed by atoms with Gasteiger partial charge in [-0.1, -0.05) is 84.8 Å². The molecule has 6 aromatic rings. The van der Waals surface area contributed by atoms with E-state index in [-0.39, 0.29) is 41.8 Å². The highest BCUT2D eigenvalue weighted by Crippen LogP contribution is 2.37. The third kappa shape index (κ3) is 10.7. The number of aliphatic hydroxyl groups is 2. The van der Waals surface area contributed by atoms with Crippen molar-refractivity contribution in [2.45, 2.75) is 113 Å². The number of hydrogen-bond donors (Lipinski definition) is 6. The van der Waals surface area contributed by atoms with Crippen LogP contribution >= 0.6 is 0 Å². The fraction of sp³-hybridized carbons (Fsp3) is 0.404. The average molecular weight is 970 g/mol. The van der Waals surface area contributed by atoms with Crippen LogP contribution in [-0.2, 0) is 14.4 Å². The molecule has 3 saturated heterocycles. The Labute approximate surface area is 419 Å². The van der Waals surface area contributed by atoms with Gasteiger partial charge in [-0.05, 0) is 124 Å². The number of H-pyrrole nitrogens is 2. The van der Waals surface area contributed by atoms with Gasteiger partial charge in [0.25, 0.3) is 0 Å². The summed E-state index contributed by atoms with van der Waals surface area (Å²) in [5, 5.41) is 29.1. The number of nitrogens with one attached hydrogen (secondary N) is 4. The third-order valence-corrected chi connectivity index (χ3v) is 15.3. The highest BCUT2D eigenvalue weighted by atomic mass is 16.3. The van der Waals surface area contributed by atoms with Crippen molar-refractivity contribution in [1.82, 2.24) is 45.3 Å². The van der Waals surface area contributed by atoms with E-state index in [9.17, 15) is 29.4 Å². The molecule has 0 spiro atoms. The summed E-state index contributed by atoms with van der Waals surface area (Å²) in [6.45, 7) is 5.51. The lowest BCUT2D eigenvalue weighted by molar-refractivity contribution is -0.139. The summed E-state index contributed by atoms with van der Waals surface area (Å²) in [6, 6.07) is 28.4. The lowest BCUT2D eigenvalue weighted by Crippen LogP contribution is -2.51. The first kappa shape index (κ1) is 48.4. The van der Waals surface area contributed by atoms with Crippen LogP contribution in [0.1, 0.15) is 136 Å². The van der Waals surface area contributed by atoms with Crippen LogP contribution in [0.15, 0.2) is 109 Å². The van der Waals surface area contributed by atoms with Crippen LogP contribution in [0.2, 0.25) is 0 Å². The number of fused-ring (bicyclic) bond motifs is 1. The fourth-order valence-electron chi connectivity index (χ4n) is 10.8. The second-order valence-corrected chi connectivity index (χ2v) is 20.7. The van der Waals surface area contributed by atoms with Gasteiger partial charge < -0.3 is 45.5 Å². The summed E-state index contributed by atoms with van der Waals surface area (Å²) < 4.78 is 0. The number of hydrogen-bond acceptors (Lipinski definition) is 8. The van der Waals surface area contributed by atoms with Gasteiger partial charge in [0.05, 0.1) is 41.4 Å². The van der Waals surface area contributed by atoms with Crippen molar-refractivity contribution in [3.05, 3.63) is 143 Å². The van der Waals surface area contributed by atoms with E-state index in [2.05, 4.69) is 49.6 Å². The van der Waals surface area contributed by atoms with Crippen LogP contribution < -0.4 is 10.6 Å². The smallest absolute Gasteiger partial charge is 0.318 e. The molecule has 0 unspecified atom stereocenters. The molecule has 5 heterocycles. The first-order valence-electron chi connectivity index (χ1n) is 25.4. The van der Waals surface area contributed by atoms with Crippen molar-refractivity contribution in [2.24, 2.45) is 5.92 Å². The predicted molar refractivity (Wildman–Crippen MR) is 273 cm³/mol. The number of nitrogens with zero attached hydrogens (tertiary/aromatic N) is 5. The van der Waals surface area contributed by atoms with Gasteiger partial charge in [0.2, 0.25) is 17.7 Å². The zero-order valence-electron chi connectivity index (χ0n) is 40.9. The molecule has 15 nitrogen and oxygen atoms in total. The van der Waals surface area contributed by atoms with E-state index >= 15 is 0 Å². The Morgan fingerprint density at radius 1 is 0.639 bits per heavy atom. The number of likely N-dealkylation sites (tertiary alicyclic amines) is 3. The molecule has 0 radical (unpaired) electrons. The fourth-order valence-corrected chi connectivity index (χ4v) is 10.8. The number of urea groups is 1. The van der Waals surface area contributed by atoms with E-state index in [0.717, 1.165) is 58.8 Å². The molecule has 10 rings (SSSR count). The summed E-state index contributed by atoms with van der Waals surface area (Å²) in [5.41, 5.74) is 3.11. The van der Waals surface area contributed by atoms with Gasteiger partial charge in [0.1, 0.15) is 29.4 Å². The quantitative estimate of drug-likeness (QED) is 0.0748. The zero-order chi connectivity index (χ0) is 50.0. The second-order valence-electron chi connectivity index (χ2n) is 20.7. The molecule has 2 aromatic heterocycles. The van der Waals surface area contributed by atoms with Gasteiger partial charge >= 0.3 is 6.03 Å². The molecule has 4 aromatic carbocycles. The number of aromatic amines is 2. The minimum Gasteiger partial charge on any atom is -0.390 e. The molecule has 0 bridgehead atoms. The van der Waals surface area contributed by atoms with Crippen molar-refractivity contribution in [2.75, 3.05) is 26.2 Å². The highest BCUT2D eigenvalue weighted by Gasteiger charge is 2.41. The van der Waals surface area contributed by atoms with Crippen LogP contribution in [0.4, 0.5) is 4.79 Å². The summed E-state index contributed by atoms with van der Waals surface area (Å²) in [7, 11) is 0. The molecule has 1 saturated carbocycles. The molecule has 3 aliphatic heterocycles. The number of carbonyl (C=O) groups is 4. The lowest BCUT2D eigenvalue weighted by atomic mass is 9.79. The maximum absolute atomic E-state index is 14.4. The van der Waals surface area contributed by atoms with Crippen molar-refractivity contribution >= 4 is 34.5 Å². The normalized spacial score (nSPS) is 22.7. The van der Waals surface area contributed by atoms with Crippen LogP contribution in [0.5, 0.6) is 0 Å². The van der Waals surface area contributed by atoms with Gasteiger partial charge in [0, 0.05) is 43.2 Å². The number of carbonyl (C=O) groups excluding carboxylic acids is 4. The lowest BCUT2D eigenvalue weighted by Gasteiger charge is -2.37. The van der Waals surface area contributed by atoms with Gasteiger partial charge in [0.15, 0.2) is 0 Å². The van der Waals surface area contributed by atoms with E-state index in [0.29, 0.717) is 87.6 Å². The molecule has 72 heavy (non-hydrogen) atoms. The van der Waals surface area contributed by atoms with E-state index in [1.165, 1.54) is 0 Å². The molecule has 372 valence electrons. The van der Waals surface area contributed by atoms with E-state index < -0.39 is 23.3 Å². The van der Waals surface area contributed by atoms with Gasteiger partial charge in [-0.2, -0.15) is 0 Å². The largest absolute Gasteiger partial charge is 0.390 e.